The van der Waals surface area contributed by atoms with Gasteiger partial charge in [-0.3, -0.25) is 0 Å². The van der Waals surface area contributed by atoms with Gasteiger partial charge in [0.05, 0.1) is 16.4 Å². The number of fused-ring (bicyclic) bond motifs is 1. The highest BCUT2D eigenvalue weighted by Crippen LogP contribution is 2.34. The van der Waals surface area contributed by atoms with Crippen LogP contribution < -0.4 is 0 Å². The molecule has 0 spiro atoms. The Morgan fingerprint density at radius 3 is 2.53 bits per heavy atom. The van der Waals surface area contributed by atoms with E-state index in [2.05, 4.69) is 30.3 Å². The van der Waals surface area contributed by atoms with Gasteiger partial charge in [0, 0.05) is 5.54 Å². The average Bonchev–Trinajstić information content (AvgIpc) is 2.77. The van der Waals surface area contributed by atoms with Crippen molar-refractivity contribution in [3.05, 3.63) is 29.8 Å². The Labute approximate surface area is 118 Å². The fourth-order valence-corrected chi connectivity index (χ4v) is 2.61. The fraction of sp³-hybridized carbons (Fsp3) is 0.533. The summed E-state index contributed by atoms with van der Waals surface area (Å²) in [7, 11) is 0. The van der Waals surface area contributed by atoms with Gasteiger partial charge in [0.2, 0.25) is 0 Å². The van der Waals surface area contributed by atoms with Crippen LogP contribution in [0.25, 0.3) is 11.0 Å². The number of imidazole rings is 1. The minimum Gasteiger partial charge on any atom is -0.321 e. The van der Waals surface area contributed by atoms with E-state index in [0.717, 1.165) is 29.7 Å². The topological polar surface area (TPSA) is 17.8 Å². The second-order valence-corrected chi connectivity index (χ2v) is 5.91. The van der Waals surface area contributed by atoms with Crippen LogP contribution in [0, 0.1) is 5.82 Å². The van der Waals surface area contributed by atoms with Gasteiger partial charge in [-0.1, -0.05) is 13.8 Å². The molecule has 2 nitrogen and oxygen atoms in total. The van der Waals surface area contributed by atoms with Crippen molar-refractivity contribution in [3.8, 4) is 0 Å². The first-order valence-electron chi connectivity index (χ1n) is 6.75. The lowest BCUT2D eigenvalue weighted by molar-refractivity contribution is 0.293. The number of alkyl halides is 1. The molecule has 0 amide bonds. The van der Waals surface area contributed by atoms with E-state index in [0.29, 0.717) is 0 Å². The van der Waals surface area contributed by atoms with Crippen LogP contribution in [0.4, 0.5) is 4.39 Å². The summed E-state index contributed by atoms with van der Waals surface area (Å²) >= 11 is 6.26. The Balaban J connectivity index is 2.81. The molecule has 2 aromatic rings. The highest BCUT2D eigenvalue weighted by molar-refractivity contribution is 6.20. The van der Waals surface area contributed by atoms with Gasteiger partial charge in [0.25, 0.3) is 0 Å². The number of nitrogens with zero attached hydrogens (tertiary/aromatic N) is 2. The number of rotatable bonds is 4. The summed E-state index contributed by atoms with van der Waals surface area (Å²) in [4.78, 5) is 4.58. The van der Waals surface area contributed by atoms with Crippen molar-refractivity contribution in [2.75, 3.05) is 0 Å². The predicted octanol–water partition coefficient (Wildman–Crippen LogP) is 5.01. The number of halogens is 2. The summed E-state index contributed by atoms with van der Waals surface area (Å²) < 4.78 is 15.7. The molecule has 1 heterocycles. The van der Waals surface area contributed by atoms with Gasteiger partial charge in [0.15, 0.2) is 0 Å². The van der Waals surface area contributed by atoms with Gasteiger partial charge in [-0.05, 0) is 44.9 Å². The third-order valence-electron chi connectivity index (χ3n) is 4.06. The number of benzene rings is 1. The van der Waals surface area contributed by atoms with E-state index in [1.54, 1.807) is 12.1 Å². The predicted molar refractivity (Wildman–Crippen MR) is 78.2 cm³/mol. The molecule has 0 saturated heterocycles. The Morgan fingerprint density at radius 2 is 2.00 bits per heavy atom. The molecule has 4 heteroatoms. The van der Waals surface area contributed by atoms with E-state index in [9.17, 15) is 4.39 Å². The molecule has 2 rings (SSSR count). The molecule has 0 bridgehead atoms. The summed E-state index contributed by atoms with van der Waals surface area (Å²) in [6.45, 7) is 8.35. The van der Waals surface area contributed by atoms with Crippen LogP contribution in [-0.4, -0.2) is 9.55 Å². The molecule has 0 fully saturated rings. The summed E-state index contributed by atoms with van der Waals surface area (Å²) in [6.07, 6.45) is 1.89. The smallest absolute Gasteiger partial charge is 0.128 e. The van der Waals surface area contributed by atoms with Crippen LogP contribution in [0.1, 0.15) is 51.7 Å². The minimum absolute atomic E-state index is 0.0962. The zero-order valence-corrected chi connectivity index (χ0v) is 12.6. The zero-order valence-electron chi connectivity index (χ0n) is 11.9. The van der Waals surface area contributed by atoms with Crippen molar-refractivity contribution in [1.82, 2.24) is 9.55 Å². The Kier molecular flexibility index (Phi) is 3.86. The molecule has 0 aliphatic heterocycles. The minimum atomic E-state index is -0.239. The van der Waals surface area contributed by atoms with Crippen molar-refractivity contribution >= 4 is 22.6 Å². The van der Waals surface area contributed by atoms with Crippen molar-refractivity contribution < 1.29 is 4.39 Å². The molecule has 1 aromatic heterocycles. The standard InChI is InChI=1S/C15H20ClFN2/c1-5-15(4,6-2)19-13-9-11(17)7-8-12(13)18-14(19)10(3)16/h7-10H,5-6H2,1-4H3. The molecule has 1 unspecified atom stereocenters. The van der Waals surface area contributed by atoms with E-state index in [1.807, 2.05) is 6.92 Å². The fourth-order valence-electron chi connectivity index (χ4n) is 2.47. The lowest BCUT2D eigenvalue weighted by Gasteiger charge is -2.32. The quantitative estimate of drug-likeness (QED) is 0.721. The summed E-state index contributed by atoms with van der Waals surface area (Å²) in [5, 5.41) is -0.201. The maximum Gasteiger partial charge on any atom is 0.128 e. The third-order valence-corrected chi connectivity index (χ3v) is 4.26. The number of aromatic nitrogens is 2. The number of hydrogen-bond donors (Lipinski definition) is 0. The van der Waals surface area contributed by atoms with Crippen molar-refractivity contribution in [3.63, 3.8) is 0 Å². The first kappa shape index (κ1) is 14.3. The number of hydrogen-bond acceptors (Lipinski definition) is 1. The van der Waals surface area contributed by atoms with E-state index in [-0.39, 0.29) is 16.7 Å². The Bertz CT molecular complexity index is 585. The third kappa shape index (κ3) is 2.36. The maximum absolute atomic E-state index is 13.5. The van der Waals surface area contributed by atoms with Crippen LogP contribution in [0.15, 0.2) is 18.2 Å². The molecule has 0 radical (unpaired) electrons. The monoisotopic (exact) mass is 282 g/mol. The molecule has 0 N–H and O–H groups in total. The second-order valence-electron chi connectivity index (χ2n) is 5.26. The average molecular weight is 283 g/mol. The summed E-state index contributed by atoms with van der Waals surface area (Å²) in [6, 6.07) is 4.71. The molecule has 1 aromatic carbocycles. The first-order chi connectivity index (χ1) is 8.92. The van der Waals surface area contributed by atoms with E-state index in [4.69, 9.17) is 11.6 Å². The highest BCUT2D eigenvalue weighted by atomic mass is 35.5. The van der Waals surface area contributed by atoms with Crippen LogP contribution in [0.2, 0.25) is 0 Å². The van der Waals surface area contributed by atoms with Crippen molar-refractivity contribution in [1.29, 1.82) is 0 Å². The summed E-state index contributed by atoms with van der Waals surface area (Å²) in [5.74, 6) is 0.574. The normalized spacial score (nSPS) is 14.0. The van der Waals surface area contributed by atoms with Gasteiger partial charge in [-0.15, -0.1) is 11.6 Å². The van der Waals surface area contributed by atoms with Gasteiger partial charge in [-0.2, -0.15) is 0 Å². The van der Waals surface area contributed by atoms with Gasteiger partial charge in [0.1, 0.15) is 11.6 Å². The molecule has 104 valence electrons. The van der Waals surface area contributed by atoms with Gasteiger partial charge >= 0.3 is 0 Å². The zero-order chi connectivity index (χ0) is 14.2. The SMILES string of the molecule is CCC(C)(CC)n1c(C(C)Cl)nc2ccc(F)cc21. The molecule has 0 saturated carbocycles. The molecule has 19 heavy (non-hydrogen) atoms. The molecular formula is C15H20ClFN2. The van der Waals surface area contributed by atoms with Gasteiger partial charge in [-0.25, -0.2) is 9.37 Å². The van der Waals surface area contributed by atoms with Crippen molar-refractivity contribution in [2.24, 2.45) is 0 Å². The summed E-state index contributed by atoms with van der Waals surface area (Å²) in [5.41, 5.74) is 1.53. The molecule has 0 aliphatic rings. The van der Waals surface area contributed by atoms with Crippen LogP contribution in [0.3, 0.4) is 0 Å². The molecule has 0 aliphatic carbocycles. The van der Waals surface area contributed by atoms with Crippen molar-refractivity contribution in [2.45, 2.75) is 51.5 Å². The van der Waals surface area contributed by atoms with E-state index in [1.165, 1.54) is 6.07 Å². The van der Waals surface area contributed by atoms with E-state index < -0.39 is 0 Å². The van der Waals surface area contributed by atoms with Crippen LogP contribution >= 0.6 is 11.6 Å². The largest absolute Gasteiger partial charge is 0.321 e. The van der Waals surface area contributed by atoms with Gasteiger partial charge < -0.3 is 4.57 Å². The van der Waals surface area contributed by atoms with E-state index >= 15 is 0 Å². The Morgan fingerprint density at radius 1 is 1.37 bits per heavy atom. The maximum atomic E-state index is 13.5. The molecule has 1 atom stereocenters. The first-order valence-corrected chi connectivity index (χ1v) is 7.19. The highest BCUT2D eigenvalue weighted by Gasteiger charge is 2.29. The van der Waals surface area contributed by atoms with Crippen LogP contribution in [-0.2, 0) is 5.54 Å². The second kappa shape index (κ2) is 5.12. The Hall–Kier alpha value is -1.09. The van der Waals surface area contributed by atoms with Crippen LogP contribution in [0.5, 0.6) is 0 Å². The lowest BCUT2D eigenvalue weighted by atomic mass is 9.94. The molecular weight excluding hydrogens is 263 g/mol. The lowest BCUT2D eigenvalue weighted by Crippen LogP contribution is -2.30.